The number of benzene rings is 6. The second-order valence-electron chi connectivity index (χ2n) is 12.5. The predicted octanol–water partition coefficient (Wildman–Crippen LogP) is 9.87. The van der Waals surface area contributed by atoms with E-state index in [2.05, 4.69) is 181 Å². The van der Waals surface area contributed by atoms with Gasteiger partial charge in [0.1, 0.15) is 11.0 Å². The van der Waals surface area contributed by atoms with Crippen LogP contribution in [0.15, 0.2) is 156 Å². The SMILES string of the molecule is C=c1c(C)c2/c3oc4c5ccccc5cc(c5ccccc5/c1=C/C=C\[N+](c1ccc(N(c5ccccc5)c5ccccc5)cc1)=C/C=3)c24. The van der Waals surface area contributed by atoms with Crippen molar-refractivity contribution in [2.75, 3.05) is 4.90 Å². The van der Waals surface area contributed by atoms with Crippen LogP contribution < -0.4 is 20.8 Å². The Morgan fingerprint density at radius 2 is 1.20 bits per heavy atom. The third-order valence-electron chi connectivity index (χ3n) is 9.70. The first-order valence-electron chi connectivity index (χ1n) is 16.6. The van der Waals surface area contributed by atoms with Crippen molar-refractivity contribution < 1.29 is 8.99 Å². The lowest BCUT2D eigenvalue weighted by Crippen LogP contribution is -2.26. The highest BCUT2D eigenvalue weighted by Crippen LogP contribution is 2.36. The zero-order valence-corrected chi connectivity index (χ0v) is 27.2. The number of aryl methyl sites for hydroxylation is 1. The first-order chi connectivity index (χ1) is 24.2. The summed E-state index contributed by atoms with van der Waals surface area (Å²) in [5.41, 5.74) is 7.17. The Hall–Kier alpha value is -6.45. The Labute approximate surface area is 284 Å². The number of rotatable bonds is 4. The monoisotopic (exact) mass is 629 g/mol. The van der Waals surface area contributed by atoms with Gasteiger partial charge in [-0.15, -0.1) is 0 Å². The number of fused-ring (bicyclic) bond motifs is 7. The zero-order chi connectivity index (χ0) is 32.9. The molecule has 3 heteroatoms. The van der Waals surface area contributed by atoms with E-state index < -0.39 is 0 Å². The third-order valence-corrected chi connectivity index (χ3v) is 9.70. The van der Waals surface area contributed by atoms with Gasteiger partial charge in [-0.3, -0.25) is 0 Å². The van der Waals surface area contributed by atoms with Crippen LogP contribution in [-0.4, -0.2) is 10.8 Å². The smallest absolute Gasteiger partial charge is 0.210 e. The molecule has 0 N–H and O–H groups in total. The largest absolute Gasteiger partial charge is 0.455 e. The fraction of sp³-hybridized carbons (Fsp3) is 0.0217. The van der Waals surface area contributed by atoms with Crippen molar-refractivity contribution in [3.05, 3.63) is 173 Å². The highest BCUT2D eigenvalue weighted by atomic mass is 16.3. The van der Waals surface area contributed by atoms with Gasteiger partial charge in [-0.05, 0) is 93.0 Å². The summed E-state index contributed by atoms with van der Waals surface area (Å²) in [5.74, 6) is 0. The van der Waals surface area contributed by atoms with Crippen molar-refractivity contribution in [3.8, 4) is 0 Å². The van der Waals surface area contributed by atoms with Gasteiger partial charge in [0.05, 0.1) is 0 Å². The molecule has 0 aliphatic carbocycles. The zero-order valence-electron chi connectivity index (χ0n) is 27.2. The second kappa shape index (κ2) is 11.7. The molecule has 232 valence electrons. The normalized spacial score (nSPS) is 15.7. The van der Waals surface area contributed by atoms with Crippen LogP contribution in [0, 0.1) is 6.92 Å². The van der Waals surface area contributed by atoms with E-state index in [1.807, 2.05) is 12.1 Å². The Morgan fingerprint density at radius 1 is 0.592 bits per heavy atom. The average molecular weight is 630 g/mol. The first-order valence-corrected chi connectivity index (χ1v) is 16.6. The molecule has 3 nitrogen and oxygen atoms in total. The van der Waals surface area contributed by atoms with Gasteiger partial charge >= 0.3 is 0 Å². The molecule has 1 aromatic heterocycles. The molecule has 7 aromatic carbocycles. The van der Waals surface area contributed by atoms with E-state index >= 15 is 0 Å². The summed E-state index contributed by atoms with van der Waals surface area (Å²) >= 11 is 0. The van der Waals surface area contributed by atoms with Crippen LogP contribution in [0.4, 0.5) is 22.7 Å². The maximum atomic E-state index is 6.88. The maximum Gasteiger partial charge on any atom is 0.210 e. The molecular weight excluding hydrogens is 597 g/mol. The number of hydrogen-bond donors (Lipinski definition) is 0. The van der Waals surface area contributed by atoms with Crippen molar-refractivity contribution in [2.24, 2.45) is 0 Å². The lowest BCUT2D eigenvalue weighted by atomic mass is 9.94. The van der Waals surface area contributed by atoms with Crippen molar-refractivity contribution >= 4 is 91.0 Å². The maximum absolute atomic E-state index is 6.88. The molecule has 2 bridgehead atoms. The van der Waals surface area contributed by atoms with Gasteiger partial charge in [0.25, 0.3) is 0 Å². The molecular formula is C46H33N2O+. The van der Waals surface area contributed by atoms with E-state index in [-0.39, 0.29) is 0 Å². The van der Waals surface area contributed by atoms with Gasteiger partial charge in [0.15, 0.2) is 12.4 Å². The van der Waals surface area contributed by atoms with Crippen molar-refractivity contribution in [2.45, 2.75) is 6.92 Å². The third kappa shape index (κ3) is 4.78. The summed E-state index contributed by atoms with van der Waals surface area (Å²) in [5, 5.41) is 10.1. The summed E-state index contributed by atoms with van der Waals surface area (Å²) in [6, 6.07) is 49.1. The number of hydrogen-bond acceptors (Lipinski definition) is 2. The van der Waals surface area contributed by atoms with E-state index in [9.17, 15) is 0 Å². The molecule has 0 saturated carbocycles. The van der Waals surface area contributed by atoms with Crippen LogP contribution in [0.2, 0.25) is 0 Å². The minimum Gasteiger partial charge on any atom is -0.455 e. The van der Waals surface area contributed by atoms with Gasteiger partial charge in [0, 0.05) is 57.5 Å². The van der Waals surface area contributed by atoms with Crippen molar-refractivity contribution in [3.63, 3.8) is 0 Å². The summed E-state index contributed by atoms with van der Waals surface area (Å²) < 4.78 is 9.03. The Kier molecular flexibility index (Phi) is 6.84. The highest BCUT2D eigenvalue weighted by Gasteiger charge is 2.18. The molecule has 0 unspecified atom stereocenters. The molecule has 8 aromatic rings. The topological polar surface area (TPSA) is 19.4 Å². The first kappa shape index (κ1) is 28.7. The fourth-order valence-corrected chi connectivity index (χ4v) is 7.29. The lowest BCUT2D eigenvalue weighted by Gasteiger charge is -2.25. The summed E-state index contributed by atoms with van der Waals surface area (Å²) in [6.07, 6.45) is 10.6. The van der Waals surface area contributed by atoms with E-state index in [1.54, 1.807) is 0 Å². The number of para-hydroxylation sites is 2. The summed E-state index contributed by atoms with van der Waals surface area (Å²) in [7, 11) is 0. The molecule has 2 heterocycles. The molecule has 0 radical (unpaired) electrons. The van der Waals surface area contributed by atoms with Crippen LogP contribution >= 0.6 is 0 Å². The second-order valence-corrected chi connectivity index (χ2v) is 12.5. The molecule has 1 aliphatic heterocycles. The quantitative estimate of drug-likeness (QED) is 0.181. The van der Waals surface area contributed by atoms with Crippen LogP contribution in [0.5, 0.6) is 0 Å². The van der Waals surface area contributed by atoms with Crippen molar-refractivity contribution in [1.29, 1.82) is 0 Å². The Morgan fingerprint density at radius 3 is 1.92 bits per heavy atom. The predicted molar refractivity (Wildman–Crippen MR) is 207 cm³/mol. The standard InChI is InChI=1S/C46H33N2O/c1-31-32(2)44-43-27-29-47(34-23-25-37(26-24-34)48(35-15-5-3-6-16-35)36-17-7-4-8-18-36)28-13-22-38(31)40-20-11-12-21-41(40)42-30-33-14-9-10-19-39(33)46(49-43)45(42)44/h3-30H,1H2,2H3/q+1/b28-13-,38-22+,43-27+,44-32?,47-29+. The van der Waals surface area contributed by atoms with Crippen molar-refractivity contribution in [1.82, 2.24) is 0 Å². The summed E-state index contributed by atoms with van der Waals surface area (Å²) in [4.78, 5) is 2.27. The van der Waals surface area contributed by atoms with Crippen LogP contribution in [-0.2, 0) is 0 Å². The highest BCUT2D eigenvalue weighted by molar-refractivity contribution is 6.25. The Balaban J connectivity index is 1.30. The van der Waals surface area contributed by atoms with Gasteiger partial charge in [-0.25, -0.2) is 0 Å². The lowest BCUT2D eigenvalue weighted by molar-refractivity contribution is -0.352. The Bertz CT molecular complexity index is 2790. The average Bonchev–Trinajstić information content (AvgIpc) is 3.54. The molecule has 0 atom stereocenters. The van der Waals surface area contributed by atoms with E-state index in [1.165, 1.54) is 10.8 Å². The molecule has 49 heavy (non-hydrogen) atoms. The van der Waals surface area contributed by atoms with Crippen LogP contribution in [0.25, 0.3) is 62.0 Å². The van der Waals surface area contributed by atoms with Gasteiger partial charge in [0.2, 0.25) is 5.69 Å². The molecule has 0 fully saturated rings. The van der Waals surface area contributed by atoms with E-state index in [4.69, 9.17) is 4.42 Å². The molecule has 1 aliphatic rings. The number of nitrogens with zero attached hydrogens (tertiary/aromatic N) is 2. The summed E-state index contributed by atoms with van der Waals surface area (Å²) in [6.45, 7) is 6.83. The van der Waals surface area contributed by atoms with Gasteiger partial charge in [-0.1, -0.05) is 91.5 Å². The van der Waals surface area contributed by atoms with Crippen LogP contribution in [0.3, 0.4) is 0 Å². The molecule has 0 saturated heterocycles. The minimum atomic E-state index is 0.821. The molecule has 9 rings (SSSR count). The number of furan rings is 1. The van der Waals surface area contributed by atoms with Gasteiger partial charge < -0.3 is 9.32 Å². The fourth-order valence-electron chi connectivity index (χ4n) is 7.29. The number of anilines is 3. The van der Waals surface area contributed by atoms with E-state index in [0.717, 1.165) is 76.7 Å². The van der Waals surface area contributed by atoms with Gasteiger partial charge in [-0.2, -0.15) is 4.58 Å². The number of allylic oxidation sites excluding steroid dienone is 1. The van der Waals surface area contributed by atoms with E-state index in [0.29, 0.717) is 0 Å². The molecule has 0 amide bonds. The minimum absolute atomic E-state index is 0.821. The molecule has 0 spiro atoms. The van der Waals surface area contributed by atoms with Crippen LogP contribution in [0.1, 0.15) is 5.56 Å².